The predicted molar refractivity (Wildman–Crippen MR) is 77.8 cm³/mol. The highest BCUT2D eigenvalue weighted by Crippen LogP contribution is 2.21. The van der Waals surface area contributed by atoms with E-state index in [0.29, 0.717) is 0 Å². The Hall–Kier alpha value is -1.35. The number of benzene rings is 1. The maximum atomic E-state index is 12.0. The van der Waals surface area contributed by atoms with Crippen molar-refractivity contribution in [2.24, 2.45) is 5.92 Å². The minimum Gasteiger partial charge on any atom is -0.392 e. The predicted octanol–water partition coefficient (Wildman–Crippen LogP) is 2.75. The molecule has 3 heteroatoms. The topological polar surface area (TPSA) is 49.3 Å². The van der Waals surface area contributed by atoms with Gasteiger partial charge in [-0.3, -0.25) is 4.79 Å². The smallest absolute Gasteiger partial charge is 0.223 e. The molecule has 1 amide bonds. The van der Waals surface area contributed by atoms with Crippen molar-refractivity contribution in [3.8, 4) is 0 Å². The maximum absolute atomic E-state index is 12.0. The number of hydrogen-bond acceptors (Lipinski definition) is 2. The Bertz CT molecular complexity index is 438. The number of carbonyl (C=O) groups is 1. The van der Waals surface area contributed by atoms with Crippen molar-refractivity contribution >= 4 is 5.91 Å². The quantitative estimate of drug-likeness (QED) is 0.858. The van der Waals surface area contributed by atoms with Crippen LogP contribution in [0.2, 0.25) is 0 Å². The second kappa shape index (κ2) is 6.20. The first-order valence-electron chi connectivity index (χ1n) is 6.78. The standard InChI is InChI=1S/C16H25NO2/c1-11(2)14(18)10-15(19)17-16(4,5)13-8-6-7-12(3)9-13/h6-9,11,14,18H,10H2,1-5H3,(H,17,19). The highest BCUT2D eigenvalue weighted by atomic mass is 16.3. The van der Waals surface area contributed by atoms with Gasteiger partial charge in [0.1, 0.15) is 0 Å². The first kappa shape index (κ1) is 15.7. The third-order valence-electron chi connectivity index (χ3n) is 3.36. The summed E-state index contributed by atoms with van der Waals surface area (Å²) < 4.78 is 0. The van der Waals surface area contributed by atoms with E-state index in [1.54, 1.807) is 0 Å². The molecular weight excluding hydrogens is 238 g/mol. The molecule has 0 aliphatic heterocycles. The maximum Gasteiger partial charge on any atom is 0.223 e. The number of aliphatic hydroxyl groups excluding tert-OH is 1. The van der Waals surface area contributed by atoms with Gasteiger partial charge in [-0.05, 0) is 32.3 Å². The van der Waals surface area contributed by atoms with E-state index >= 15 is 0 Å². The molecule has 1 aromatic rings. The molecule has 0 saturated carbocycles. The van der Waals surface area contributed by atoms with Crippen LogP contribution in [-0.2, 0) is 10.3 Å². The summed E-state index contributed by atoms with van der Waals surface area (Å²) >= 11 is 0. The summed E-state index contributed by atoms with van der Waals surface area (Å²) in [5.74, 6) is -0.0273. The number of hydrogen-bond donors (Lipinski definition) is 2. The molecule has 106 valence electrons. The highest BCUT2D eigenvalue weighted by molar-refractivity contribution is 5.77. The van der Waals surface area contributed by atoms with Crippen LogP contribution in [0.3, 0.4) is 0 Å². The third-order valence-corrected chi connectivity index (χ3v) is 3.36. The van der Waals surface area contributed by atoms with Gasteiger partial charge in [-0.25, -0.2) is 0 Å². The van der Waals surface area contributed by atoms with Gasteiger partial charge in [0.05, 0.1) is 18.1 Å². The van der Waals surface area contributed by atoms with Gasteiger partial charge in [-0.1, -0.05) is 43.7 Å². The van der Waals surface area contributed by atoms with E-state index < -0.39 is 11.6 Å². The molecule has 0 fully saturated rings. The van der Waals surface area contributed by atoms with Gasteiger partial charge in [-0.15, -0.1) is 0 Å². The molecule has 1 aromatic carbocycles. The number of carbonyl (C=O) groups excluding carboxylic acids is 1. The van der Waals surface area contributed by atoms with Crippen LogP contribution in [0.4, 0.5) is 0 Å². The van der Waals surface area contributed by atoms with E-state index in [1.807, 2.05) is 52.8 Å². The van der Waals surface area contributed by atoms with Crippen molar-refractivity contribution in [2.45, 2.75) is 52.7 Å². The van der Waals surface area contributed by atoms with Gasteiger partial charge in [0.25, 0.3) is 0 Å². The monoisotopic (exact) mass is 263 g/mol. The van der Waals surface area contributed by atoms with E-state index in [9.17, 15) is 9.90 Å². The number of aryl methyl sites for hydroxylation is 1. The van der Waals surface area contributed by atoms with Gasteiger partial charge in [0.2, 0.25) is 5.91 Å². The zero-order chi connectivity index (χ0) is 14.6. The van der Waals surface area contributed by atoms with E-state index in [4.69, 9.17) is 0 Å². The molecule has 1 rings (SSSR count). The molecule has 1 atom stereocenters. The molecule has 0 heterocycles. The number of rotatable bonds is 5. The second-order valence-electron chi connectivity index (χ2n) is 6.06. The molecule has 1 unspecified atom stereocenters. The molecule has 0 saturated heterocycles. The summed E-state index contributed by atoms with van der Waals surface area (Å²) in [4.78, 5) is 12.0. The summed E-state index contributed by atoms with van der Waals surface area (Å²) in [6, 6.07) is 8.09. The molecule has 0 bridgehead atoms. The van der Waals surface area contributed by atoms with E-state index in [0.717, 1.165) is 5.56 Å². The summed E-state index contributed by atoms with van der Waals surface area (Å²) in [6.07, 6.45) is -0.444. The van der Waals surface area contributed by atoms with Crippen molar-refractivity contribution in [3.63, 3.8) is 0 Å². The lowest BCUT2D eigenvalue weighted by molar-refractivity contribution is -0.125. The van der Waals surface area contributed by atoms with Crippen molar-refractivity contribution in [1.29, 1.82) is 0 Å². The lowest BCUT2D eigenvalue weighted by atomic mass is 9.92. The van der Waals surface area contributed by atoms with Gasteiger partial charge in [-0.2, -0.15) is 0 Å². The first-order chi connectivity index (χ1) is 8.72. The SMILES string of the molecule is Cc1cccc(C(C)(C)NC(=O)CC(O)C(C)C)c1. The Kier molecular flexibility index (Phi) is 5.12. The van der Waals surface area contributed by atoms with E-state index in [-0.39, 0.29) is 18.2 Å². The van der Waals surface area contributed by atoms with Crippen LogP contribution in [0.15, 0.2) is 24.3 Å². The minimum absolute atomic E-state index is 0.0906. The fourth-order valence-electron chi connectivity index (χ4n) is 1.93. The van der Waals surface area contributed by atoms with Gasteiger partial charge < -0.3 is 10.4 Å². The van der Waals surface area contributed by atoms with Crippen molar-refractivity contribution in [3.05, 3.63) is 35.4 Å². The molecule has 2 N–H and O–H groups in total. The zero-order valence-electron chi connectivity index (χ0n) is 12.5. The number of aliphatic hydroxyl groups is 1. The highest BCUT2D eigenvalue weighted by Gasteiger charge is 2.24. The fraction of sp³-hybridized carbons (Fsp3) is 0.562. The number of nitrogens with one attached hydrogen (secondary N) is 1. The Labute approximate surface area is 116 Å². The van der Waals surface area contributed by atoms with Gasteiger partial charge in [0, 0.05) is 0 Å². The Morgan fingerprint density at radius 1 is 1.37 bits per heavy atom. The van der Waals surface area contributed by atoms with E-state index in [1.165, 1.54) is 5.56 Å². The first-order valence-corrected chi connectivity index (χ1v) is 6.78. The minimum atomic E-state index is -0.590. The van der Waals surface area contributed by atoms with Gasteiger partial charge in [0.15, 0.2) is 0 Å². The molecule has 0 spiro atoms. The largest absolute Gasteiger partial charge is 0.392 e. The van der Waals surface area contributed by atoms with Crippen LogP contribution < -0.4 is 5.32 Å². The summed E-state index contributed by atoms with van der Waals surface area (Å²) in [5, 5.41) is 12.7. The molecule has 19 heavy (non-hydrogen) atoms. The molecule has 0 aliphatic rings. The fourth-order valence-corrected chi connectivity index (χ4v) is 1.93. The average Bonchev–Trinajstić information content (AvgIpc) is 2.27. The van der Waals surface area contributed by atoms with Crippen molar-refractivity contribution in [1.82, 2.24) is 5.32 Å². The lowest BCUT2D eigenvalue weighted by Gasteiger charge is -2.28. The van der Waals surface area contributed by atoms with Crippen LogP contribution >= 0.6 is 0 Å². The van der Waals surface area contributed by atoms with Crippen molar-refractivity contribution in [2.75, 3.05) is 0 Å². The molecule has 0 radical (unpaired) electrons. The molecular formula is C16H25NO2. The molecule has 0 aliphatic carbocycles. The normalized spacial score (nSPS) is 13.4. The Balaban J connectivity index is 2.71. The Morgan fingerprint density at radius 2 is 2.00 bits per heavy atom. The number of amides is 1. The molecule has 3 nitrogen and oxygen atoms in total. The van der Waals surface area contributed by atoms with Crippen LogP contribution in [0.5, 0.6) is 0 Å². The van der Waals surface area contributed by atoms with Crippen LogP contribution in [0.1, 0.15) is 45.2 Å². The summed E-state index contributed by atoms with van der Waals surface area (Å²) in [6.45, 7) is 9.79. The molecule has 0 aromatic heterocycles. The van der Waals surface area contributed by atoms with Crippen LogP contribution in [0.25, 0.3) is 0 Å². The van der Waals surface area contributed by atoms with Crippen molar-refractivity contribution < 1.29 is 9.90 Å². The summed E-state index contributed by atoms with van der Waals surface area (Å²) in [7, 11) is 0. The lowest BCUT2D eigenvalue weighted by Crippen LogP contribution is -2.42. The van der Waals surface area contributed by atoms with Crippen LogP contribution in [-0.4, -0.2) is 17.1 Å². The second-order valence-corrected chi connectivity index (χ2v) is 6.06. The van der Waals surface area contributed by atoms with Gasteiger partial charge >= 0.3 is 0 Å². The zero-order valence-corrected chi connectivity index (χ0v) is 12.5. The summed E-state index contributed by atoms with van der Waals surface area (Å²) in [5.41, 5.74) is 1.81. The Morgan fingerprint density at radius 3 is 2.53 bits per heavy atom. The average molecular weight is 263 g/mol. The van der Waals surface area contributed by atoms with Crippen LogP contribution in [0, 0.1) is 12.8 Å². The van der Waals surface area contributed by atoms with E-state index in [2.05, 4.69) is 11.4 Å². The third kappa shape index (κ3) is 4.67.